The van der Waals surface area contributed by atoms with Crippen LogP contribution in [0.5, 0.6) is 0 Å². The summed E-state index contributed by atoms with van der Waals surface area (Å²) in [5.41, 5.74) is 2.67. The van der Waals surface area contributed by atoms with Crippen molar-refractivity contribution in [1.82, 2.24) is 0 Å². The Morgan fingerprint density at radius 2 is 1.68 bits per heavy atom. The van der Waals surface area contributed by atoms with Gasteiger partial charge < -0.3 is 4.65 Å². The number of fused-ring (bicyclic) bond motifs is 1. The lowest BCUT2D eigenvalue weighted by atomic mass is 9.64. The normalized spacial score (nSPS) is 13.7. The van der Waals surface area contributed by atoms with Crippen molar-refractivity contribution in [3.05, 3.63) is 48.0 Å². The van der Waals surface area contributed by atoms with E-state index in [0.29, 0.717) is 0 Å². The summed E-state index contributed by atoms with van der Waals surface area (Å²) in [4.78, 5) is 3.87. The van der Waals surface area contributed by atoms with Crippen molar-refractivity contribution < 1.29 is 4.65 Å². The molecule has 1 aliphatic rings. The Morgan fingerprint density at radius 1 is 1.00 bits per heavy atom. The van der Waals surface area contributed by atoms with Crippen LogP contribution in [0.3, 0.4) is 0 Å². The molecule has 1 nitrogen and oxygen atoms in total. The summed E-state index contributed by atoms with van der Waals surface area (Å²) in [6, 6.07) is 15.4. The van der Waals surface area contributed by atoms with Crippen LogP contribution in [0.15, 0.2) is 57.2 Å². The zero-order valence-corrected chi connectivity index (χ0v) is 12.7. The van der Waals surface area contributed by atoms with Gasteiger partial charge in [-0.2, -0.15) is 0 Å². The molecule has 2 aromatic rings. The average molecular weight is 286 g/mol. The summed E-state index contributed by atoms with van der Waals surface area (Å²) < 4.78 is 5.65. The highest BCUT2D eigenvalue weighted by atomic mass is 32.2. The molecule has 19 heavy (non-hydrogen) atoms. The summed E-state index contributed by atoms with van der Waals surface area (Å²) in [5.74, 6) is 0. The number of thioether (sulfide) groups is 1. The van der Waals surface area contributed by atoms with Crippen LogP contribution in [-0.4, -0.2) is 13.2 Å². The maximum atomic E-state index is 5.65. The lowest BCUT2D eigenvalue weighted by Crippen LogP contribution is -2.24. The highest BCUT2D eigenvalue weighted by Crippen LogP contribution is 2.29. The van der Waals surface area contributed by atoms with Gasteiger partial charge in [-0.15, -0.1) is 11.8 Å². The van der Waals surface area contributed by atoms with Crippen LogP contribution in [0, 0.1) is 0 Å². The van der Waals surface area contributed by atoms with Gasteiger partial charge in [0.05, 0.1) is 6.61 Å². The van der Waals surface area contributed by atoms with Crippen molar-refractivity contribution in [2.45, 2.75) is 28.1 Å². The van der Waals surface area contributed by atoms with Gasteiger partial charge in [0.15, 0.2) is 0 Å². The molecule has 0 spiro atoms. The van der Waals surface area contributed by atoms with Crippen LogP contribution in [0.2, 0.25) is 6.82 Å². The van der Waals surface area contributed by atoms with Crippen LogP contribution in [0.1, 0.15) is 5.56 Å². The number of hydrogen-bond donors (Lipinski definition) is 0. The van der Waals surface area contributed by atoms with E-state index >= 15 is 0 Å². The molecule has 1 aliphatic heterocycles. The summed E-state index contributed by atoms with van der Waals surface area (Å²) >= 11 is 3.58. The van der Waals surface area contributed by atoms with E-state index in [-0.39, 0.29) is 6.92 Å². The first kappa shape index (κ1) is 13.2. The minimum Gasteiger partial charge on any atom is -0.427 e. The first-order chi connectivity index (χ1) is 9.26. The summed E-state index contributed by atoms with van der Waals surface area (Å²) in [6.07, 6.45) is 2.10. The highest BCUT2D eigenvalue weighted by Gasteiger charge is 2.23. The summed E-state index contributed by atoms with van der Waals surface area (Å²) in [7, 11) is 0. The van der Waals surface area contributed by atoms with E-state index in [1.807, 2.05) is 11.8 Å². The van der Waals surface area contributed by atoms with Gasteiger partial charge in [-0.3, -0.25) is 0 Å². The van der Waals surface area contributed by atoms with Crippen molar-refractivity contribution in [2.75, 3.05) is 6.26 Å². The van der Waals surface area contributed by atoms with Gasteiger partial charge in [0.2, 0.25) is 0 Å². The Labute approximate surface area is 123 Å². The zero-order valence-electron chi connectivity index (χ0n) is 11.1. The van der Waals surface area contributed by atoms with Crippen molar-refractivity contribution in [2.24, 2.45) is 0 Å². The molecule has 0 saturated carbocycles. The maximum absolute atomic E-state index is 5.65. The lowest BCUT2D eigenvalue weighted by molar-refractivity contribution is 0.333. The van der Waals surface area contributed by atoms with Gasteiger partial charge in [-0.05, 0) is 47.6 Å². The fourth-order valence-electron chi connectivity index (χ4n) is 2.23. The van der Waals surface area contributed by atoms with Gasteiger partial charge in [-0.25, -0.2) is 0 Å². The molecule has 0 aromatic heterocycles. The monoisotopic (exact) mass is 286 g/mol. The second-order valence-corrected chi connectivity index (χ2v) is 6.62. The van der Waals surface area contributed by atoms with Gasteiger partial charge in [0.1, 0.15) is 0 Å². The van der Waals surface area contributed by atoms with Crippen LogP contribution in [-0.2, 0) is 11.3 Å². The smallest absolute Gasteiger partial charge is 0.324 e. The van der Waals surface area contributed by atoms with Gasteiger partial charge in [-0.1, -0.05) is 30.7 Å². The number of rotatable bonds is 3. The fraction of sp³-hybridized carbons (Fsp3) is 0.200. The quantitative estimate of drug-likeness (QED) is 0.625. The minimum absolute atomic E-state index is 0.231. The van der Waals surface area contributed by atoms with Crippen molar-refractivity contribution in [3.8, 4) is 0 Å². The van der Waals surface area contributed by atoms with E-state index in [1.54, 1.807) is 11.8 Å². The molecule has 0 aliphatic carbocycles. The predicted octanol–water partition coefficient (Wildman–Crippen LogP) is 3.92. The van der Waals surface area contributed by atoms with E-state index in [1.165, 1.54) is 25.7 Å². The largest absolute Gasteiger partial charge is 0.427 e. The molecule has 0 N–H and O–H groups in total. The van der Waals surface area contributed by atoms with E-state index in [0.717, 1.165) is 6.61 Å². The Hall–Kier alpha value is -0.835. The van der Waals surface area contributed by atoms with Crippen molar-refractivity contribution in [3.63, 3.8) is 0 Å². The summed E-state index contributed by atoms with van der Waals surface area (Å²) in [6.45, 7) is 3.10. The first-order valence-corrected chi connectivity index (χ1v) is 8.37. The van der Waals surface area contributed by atoms with Crippen LogP contribution in [0.25, 0.3) is 0 Å². The second kappa shape index (κ2) is 5.65. The molecule has 0 amide bonds. The van der Waals surface area contributed by atoms with E-state index in [9.17, 15) is 0 Å². The van der Waals surface area contributed by atoms with Crippen LogP contribution in [0.4, 0.5) is 0 Å². The molecule has 0 unspecified atom stereocenters. The molecule has 0 radical (unpaired) electrons. The molecule has 0 atom stereocenters. The van der Waals surface area contributed by atoms with E-state index in [2.05, 4.69) is 55.5 Å². The standard InChI is InChI=1S/C15H15BOS2/c1-16-15-9-14(4-3-11(15)10-17-16)19-13-7-5-12(18-2)6-8-13/h3-9H,10H2,1-2H3. The van der Waals surface area contributed by atoms with Gasteiger partial charge >= 0.3 is 6.92 Å². The number of benzene rings is 2. The molecule has 2 aromatic carbocycles. The predicted molar refractivity (Wildman–Crippen MR) is 84.8 cm³/mol. The first-order valence-electron chi connectivity index (χ1n) is 6.32. The third-order valence-corrected chi connectivity index (χ3v) is 5.08. The third-order valence-electron chi connectivity index (χ3n) is 3.34. The maximum Gasteiger partial charge on any atom is 0.324 e. The minimum atomic E-state index is 0.231. The molecule has 4 heteroatoms. The Kier molecular flexibility index (Phi) is 3.92. The molecular formula is C15H15BOS2. The molecule has 1 heterocycles. The van der Waals surface area contributed by atoms with E-state index in [4.69, 9.17) is 4.65 Å². The van der Waals surface area contributed by atoms with Crippen molar-refractivity contribution >= 4 is 35.9 Å². The SMILES string of the molecule is CSc1ccc(Sc2ccc3c(c2)B(C)OC3)cc1. The van der Waals surface area contributed by atoms with Crippen LogP contribution >= 0.6 is 23.5 Å². The van der Waals surface area contributed by atoms with Gasteiger partial charge in [0, 0.05) is 14.7 Å². The van der Waals surface area contributed by atoms with Crippen molar-refractivity contribution in [1.29, 1.82) is 0 Å². The zero-order chi connectivity index (χ0) is 13.2. The second-order valence-electron chi connectivity index (χ2n) is 4.59. The molecular weight excluding hydrogens is 271 g/mol. The Morgan fingerprint density at radius 3 is 2.42 bits per heavy atom. The molecule has 0 fully saturated rings. The molecule has 96 valence electrons. The van der Waals surface area contributed by atoms with Gasteiger partial charge in [0.25, 0.3) is 0 Å². The van der Waals surface area contributed by atoms with Crippen LogP contribution < -0.4 is 5.46 Å². The molecule has 3 rings (SSSR count). The fourth-order valence-corrected chi connectivity index (χ4v) is 3.51. The summed E-state index contributed by atoms with van der Waals surface area (Å²) in [5, 5.41) is 0. The average Bonchev–Trinajstić information content (AvgIpc) is 2.81. The molecule has 0 saturated heterocycles. The Balaban J connectivity index is 1.81. The molecule has 0 bridgehead atoms. The highest BCUT2D eigenvalue weighted by molar-refractivity contribution is 7.99. The lowest BCUT2D eigenvalue weighted by Gasteiger charge is -2.06. The third kappa shape index (κ3) is 2.86. The van der Waals surface area contributed by atoms with E-state index < -0.39 is 0 Å². The Bertz CT molecular complexity index is 583. The topological polar surface area (TPSA) is 9.23 Å². The number of hydrogen-bond acceptors (Lipinski definition) is 3.